The van der Waals surface area contributed by atoms with Crippen molar-refractivity contribution in [3.63, 3.8) is 0 Å². The summed E-state index contributed by atoms with van der Waals surface area (Å²) >= 11 is 23.3. The number of rotatable bonds is 2. The molecule has 0 bridgehead atoms. The Labute approximate surface area is 189 Å². The van der Waals surface area contributed by atoms with Gasteiger partial charge in [0, 0.05) is 0 Å². The van der Waals surface area contributed by atoms with Crippen LogP contribution in [0.5, 0.6) is 0 Å². The quantitative estimate of drug-likeness (QED) is 0.457. The first-order chi connectivity index (χ1) is 9.82. The number of thiophene rings is 2. The standard InChI is InChI=1S/2C4H2Cl2O3S2.Ca/c2*5-3-1-2(4(6)10-3)11(7,8)9;/h2*1H,(H,7,8,9);/q;;+2/p-2. The van der Waals surface area contributed by atoms with Crippen LogP contribution in [-0.4, -0.2) is 63.7 Å². The third-order valence-corrected chi connectivity index (χ3v) is 6.97. The molecule has 0 radical (unpaired) electrons. The summed E-state index contributed by atoms with van der Waals surface area (Å²) in [6, 6.07) is 2.08. The minimum absolute atomic E-state index is 0. The van der Waals surface area contributed by atoms with Gasteiger partial charge in [0.15, 0.2) is 0 Å². The van der Waals surface area contributed by atoms with E-state index in [4.69, 9.17) is 46.4 Å². The van der Waals surface area contributed by atoms with Crippen LogP contribution in [0.3, 0.4) is 0 Å². The van der Waals surface area contributed by atoms with Crippen molar-refractivity contribution in [2.24, 2.45) is 0 Å². The van der Waals surface area contributed by atoms with E-state index in [1.165, 1.54) is 0 Å². The number of hydrogen-bond donors (Lipinski definition) is 0. The maximum absolute atomic E-state index is 10.4. The van der Waals surface area contributed by atoms with Crippen molar-refractivity contribution in [2.75, 3.05) is 0 Å². The molecule has 0 aliphatic heterocycles. The van der Waals surface area contributed by atoms with Gasteiger partial charge in [-0.2, -0.15) is 0 Å². The smallest absolute Gasteiger partial charge is 0.744 e. The molecule has 0 saturated heterocycles. The zero-order valence-corrected chi connectivity index (χ0v) is 19.0. The molecule has 0 N–H and O–H groups in total. The van der Waals surface area contributed by atoms with Crippen LogP contribution in [0.15, 0.2) is 21.9 Å². The van der Waals surface area contributed by atoms with Crippen LogP contribution in [-0.2, 0) is 20.2 Å². The van der Waals surface area contributed by atoms with Crippen LogP contribution < -0.4 is 0 Å². The van der Waals surface area contributed by atoms with Crippen molar-refractivity contribution in [3.8, 4) is 0 Å². The average Bonchev–Trinajstić information content (AvgIpc) is 2.80. The van der Waals surface area contributed by atoms with Crippen molar-refractivity contribution < 1.29 is 25.9 Å². The summed E-state index contributed by atoms with van der Waals surface area (Å²) in [4.78, 5) is -0.900. The number of halogens is 4. The molecule has 0 aromatic carbocycles. The van der Waals surface area contributed by atoms with Crippen LogP contribution in [0.2, 0.25) is 17.3 Å². The Balaban J connectivity index is 0.000000403. The molecule has 0 spiro atoms. The Morgan fingerprint density at radius 2 is 1.00 bits per heavy atom. The fourth-order valence-corrected chi connectivity index (χ4v) is 6.16. The molecule has 0 saturated carbocycles. The Morgan fingerprint density at radius 3 is 1.09 bits per heavy atom. The molecule has 6 nitrogen and oxygen atoms in total. The molecule has 2 rings (SSSR count). The van der Waals surface area contributed by atoms with Gasteiger partial charge in [-0.1, -0.05) is 46.4 Å². The van der Waals surface area contributed by atoms with Gasteiger partial charge in [0.1, 0.15) is 28.9 Å². The minimum Gasteiger partial charge on any atom is -0.744 e. The van der Waals surface area contributed by atoms with E-state index in [9.17, 15) is 25.9 Å². The molecule has 15 heteroatoms. The molecule has 2 heterocycles. The predicted octanol–water partition coefficient (Wildman–Crippen LogP) is 3.54. The fraction of sp³-hybridized carbons (Fsp3) is 0. The molecule has 0 amide bonds. The topological polar surface area (TPSA) is 114 Å². The second-order valence-corrected chi connectivity index (χ2v) is 10.6. The Hall–Kier alpha value is 1.64. The molecule has 0 aliphatic carbocycles. The summed E-state index contributed by atoms with van der Waals surface area (Å²) < 4.78 is 62.4. The minimum atomic E-state index is -4.47. The van der Waals surface area contributed by atoms with Crippen LogP contribution in [0.25, 0.3) is 0 Å². The van der Waals surface area contributed by atoms with Gasteiger partial charge in [-0.15, -0.1) is 22.7 Å². The van der Waals surface area contributed by atoms with Gasteiger partial charge in [0.2, 0.25) is 0 Å². The van der Waals surface area contributed by atoms with Crippen molar-refractivity contribution in [1.82, 2.24) is 0 Å². The van der Waals surface area contributed by atoms with Gasteiger partial charge < -0.3 is 9.11 Å². The summed E-state index contributed by atoms with van der Waals surface area (Å²) in [5.74, 6) is 0. The molecule has 2 aromatic heterocycles. The number of hydrogen-bond acceptors (Lipinski definition) is 8. The first-order valence-corrected chi connectivity index (χ1v) is 10.6. The maximum atomic E-state index is 10.4. The van der Waals surface area contributed by atoms with Gasteiger partial charge >= 0.3 is 37.7 Å². The van der Waals surface area contributed by atoms with E-state index in [2.05, 4.69) is 0 Å². The van der Waals surface area contributed by atoms with Crippen LogP contribution >= 0.6 is 69.1 Å². The normalized spacial score (nSPS) is 11.4. The molecule has 2 aromatic rings. The van der Waals surface area contributed by atoms with Gasteiger partial charge in [-0.3, -0.25) is 0 Å². The largest absolute Gasteiger partial charge is 2.00 e. The zero-order valence-electron chi connectivity index (χ0n) is 10.5. The van der Waals surface area contributed by atoms with E-state index in [1.807, 2.05) is 0 Å². The van der Waals surface area contributed by atoms with E-state index >= 15 is 0 Å². The summed E-state index contributed by atoms with van der Waals surface area (Å²) in [5, 5.41) is 0. The van der Waals surface area contributed by atoms with Crippen LogP contribution in [0.1, 0.15) is 0 Å². The van der Waals surface area contributed by atoms with Gasteiger partial charge in [-0.05, 0) is 12.1 Å². The van der Waals surface area contributed by atoms with E-state index in [0.717, 1.165) is 34.8 Å². The Kier molecular flexibility index (Phi) is 10.2. The van der Waals surface area contributed by atoms with Crippen molar-refractivity contribution in [3.05, 3.63) is 29.5 Å². The Morgan fingerprint density at radius 1 is 0.739 bits per heavy atom. The second kappa shape index (κ2) is 9.54. The van der Waals surface area contributed by atoms with Crippen LogP contribution in [0.4, 0.5) is 0 Å². The van der Waals surface area contributed by atoms with Crippen molar-refractivity contribution >= 4 is 127 Å². The second-order valence-electron chi connectivity index (χ2n) is 3.29. The monoisotopic (exact) mass is 502 g/mol. The van der Waals surface area contributed by atoms with E-state index < -0.39 is 30.0 Å². The summed E-state index contributed by atoms with van der Waals surface area (Å²) in [7, 11) is -8.94. The summed E-state index contributed by atoms with van der Waals surface area (Å²) in [6.07, 6.45) is 0. The SMILES string of the molecule is O=S(=O)([O-])c1cc(Cl)sc1Cl.O=S(=O)([O-])c1cc(Cl)sc1Cl.[Ca+2]. The molecule has 0 unspecified atom stereocenters. The van der Waals surface area contributed by atoms with Gasteiger partial charge in [0.05, 0.1) is 18.5 Å². The fourth-order valence-electron chi connectivity index (χ4n) is 0.991. The first-order valence-electron chi connectivity index (χ1n) is 4.64. The first kappa shape index (κ1) is 24.6. The molecule has 23 heavy (non-hydrogen) atoms. The molecule has 0 aliphatic rings. The zero-order chi connectivity index (χ0) is 17.3. The van der Waals surface area contributed by atoms with Gasteiger partial charge in [-0.25, -0.2) is 16.8 Å². The molecule has 0 fully saturated rings. The molecular formula is C8H2CaCl4O6S4. The average molecular weight is 504 g/mol. The van der Waals surface area contributed by atoms with Crippen LogP contribution in [0, 0.1) is 0 Å². The maximum Gasteiger partial charge on any atom is 2.00 e. The molecule has 0 atom stereocenters. The van der Waals surface area contributed by atoms with Gasteiger partial charge in [0.25, 0.3) is 0 Å². The third-order valence-electron chi connectivity index (χ3n) is 1.79. The van der Waals surface area contributed by atoms with Crippen molar-refractivity contribution in [2.45, 2.75) is 9.79 Å². The Bertz CT molecular complexity index is 814. The van der Waals surface area contributed by atoms with E-state index in [1.54, 1.807) is 0 Å². The van der Waals surface area contributed by atoms with E-state index in [-0.39, 0.29) is 55.1 Å². The summed E-state index contributed by atoms with van der Waals surface area (Å²) in [5.41, 5.74) is 0. The predicted molar refractivity (Wildman–Crippen MR) is 90.4 cm³/mol. The third kappa shape index (κ3) is 7.81. The van der Waals surface area contributed by atoms with Crippen molar-refractivity contribution in [1.29, 1.82) is 0 Å². The summed E-state index contributed by atoms with van der Waals surface area (Å²) in [6.45, 7) is 0. The van der Waals surface area contributed by atoms with E-state index in [0.29, 0.717) is 0 Å². The molecular weight excluding hydrogens is 502 g/mol. The molecule has 124 valence electrons.